The van der Waals surface area contributed by atoms with Crippen molar-refractivity contribution in [2.45, 2.75) is 78.6 Å². The quantitative estimate of drug-likeness (QED) is 0.282. The molecular formula is C20H32O3. The largest absolute Gasteiger partial charge is 0.513 e. The highest BCUT2D eigenvalue weighted by Gasteiger charge is 2.11. The van der Waals surface area contributed by atoms with Crippen molar-refractivity contribution < 1.29 is 14.3 Å². The Bertz CT molecular complexity index is 454. The van der Waals surface area contributed by atoms with Crippen LogP contribution in [0.5, 0.6) is 5.75 Å². The molecule has 0 radical (unpaired) electrons. The summed E-state index contributed by atoms with van der Waals surface area (Å²) in [5.41, 5.74) is 2.46. The molecule has 130 valence electrons. The topological polar surface area (TPSA) is 35.5 Å². The van der Waals surface area contributed by atoms with E-state index in [4.69, 9.17) is 9.47 Å². The average Bonchev–Trinajstić information content (AvgIpc) is 2.55. The first-order valence-electron chi connectivity index (χ1n) is 9.17. The standard InChI is InChI=1S/C20H32O3/c1-4-7-9-11-17-13-14-19(23-20(21)22-15-6-3)18(16-17)12-10-8-5-2/h13-14,16H,4-12,15H2,1-3H3. The van der Waals surface area contributed by atoms with Crippen molar-refractivity contribution in [1.29, 1.82) is 0 Å². The predicted molar refractivity (Wildman–Crippen MR) is 95.2 cm³/mol. The molecule has 1 aromatic carbocycles. The lowest BCUT2D eigenvalue weighted by atomic mass is 10.0. The molecule has 0 aliphatic carbocycles. The van der Waals surface area contributed by atoms with E-state index in [-0.39, 0.29) is 0 Å². The molecule has 0 unspecified atom stereocenters. The zero-order chi connectivity index (χ0) is 16.9. The maximum atomic E-state index is 11.7. The molecule has 0 N–H and O–H groups in total. The van der Waals surface area contributed by atoms with Gasteiger partial charge in [-0.3, -0.25) is 0 Å². The number of benzene rings is 1. The van der Waals surface area contributed by atoms with Gasteiger partial charge in [0.25, 0.3) is 0 Å². The monoisotopic (exact) mass is 320 g/mol. The Hall–Kier alpha value is -1.51. The van der Waals surface area contributed by atoms with Gasteiger partial charge in [0, 0.05) is 0 Å². The van der Waals surface area contributed by atoms with Gasteiger partial charge in [-0.05, 0) is 49.3 Å². The molecule has 0 aliphatic rings. The summed E-state index contributed by atoms with van der Waals surface area (Å²) in [5, 5.41) is 0. The summed E-state index contributed by atoms with van der Waals surface area (Å²) in [7, 11) is 0. The van der Waals surface area contributed by atoms with Crippen molar-refractivity contribution in [2.24, 2.45) is 0 Å². The minimum absolute atomic E-state index is 0.402. The smallest absolute Gasteiger partial charge is 0.434 e. The van der Waals surface area contributed by atoms with Crippen LogP contribution >= 0.6 is 0 Å². The number of rotatable bonds is 11. The maximum absolute atomic E-state index is 11.7. The maximum Gasteiger partial charge on any atom is 0.513 e. The zero-order valence-corrected chi connectivity index (χ0v) is 15.0. The summed E-state index contributed by atoms with van der Waals surface area (Å²) < 4.78 is 10.4. The van der Waals surface area contributed by atoms with Gasteiger partial charge in [0.15, 0.2) is 0 Å². The minimum atomic E-state index is -0.595. The van der Waals surface area contributed by atoms with E-state index in [1.54, 1.807) is 0 Å². The van der Waals surface area contributed by atoms with Crippen LogP contribution in [0.15, 0.2) is 18.2 Å². The van der Waals surface area contributed by atoms with Crippen LogP contribution in [0.2, 0.25) is 0 Å². The average molecular weight is 320 g/mol. The van der Waals surface area contributed by atoms with Crippen molar-refractivity contribution in [2.75, 3.05) is 6.61 Å². The first kappa shape index (κ1) is 19.5. The number of carbonyl (C=O) groups is 1. The van der Waals surface area contributed by atoms with Crippen LogP contribution in [0, 0.1) is 0 Å². The third-order valence-corrected chi connectivity index (χ3v) is 3.86. The molecule has 0 bridgehead atoms. The van der Waals surface area contributed by atoms with Crippen molar-refractivity contribution >= 4 is 6.16 Å². The van der Waals surface area contributed by atoms with E-state index >= 15 is 0 Å². The lowest BCUT2D eigenvalue weighted by Crippen LogP contribution is -2.12. The number of carbonyl (C=O) groups excluding carboxylic acids is 1. The second kappa shape index (κ2) is 12.0. The molecule has 0 spiro atoms. The second-order valence-electron chi connectivity index (χ2n) is 6.06. The summed E-state index contributed by atoms with van der Waals surface area (Å²) in [6, 6.07) is 6.20. The first-order valence-corrected chi connectivity index (χ1v) is 9.17. The third kappa shape index (κ3) is 8.06. The molecule has 1 aromatic rings. The van der Waals surface area contributed by atoms with Crippen LogP contribution in [0.4, 0.5) is 4.79 Å². The van der Waals surface area contributed by atoms with Crippen molar-refractivity contribution in [3.8, 4) is 5.75 Å². The van der Waals surface area contributed by atoms with Gasteiger partial charge in [0.05, 0.1) is 6.61 Å². The molecule has 3 nitrogen and oxygen atoms in total. The number of ether oxygens (including phenoxy) is 2. The van der Waals surface area contributed by atoms with E-state index in [9.17, 15) is 4.79 Å². The Labute approximate surface area is 141 Å². The molecule has 0 aliphatic heterocycles. The zero-order valence-electron chi connectivity index (χ0n) is 15.0. The van der Waals surface area contributed by atoms with Gasteiger partial charge in [-0.15, -0.1) is 0 Å². The van der Waals surface area contributed by atoms with E-state index in [1.807, 2.05) is 13.0 Å². The summed E-state index contributed by atoms with van der Waals surface area (Å²) >= 11 is 0. The normalized spacial score (nSPS) is 10.6. The fourth-order valence-corrected chi connectivity index (χ4v) is 2.53. The Morgan fingerprint density at radius 3 is 2.26 bits per heavy atom. The Kier molecular flexibility index (Phi) is 10.2. The second-order valence-corrected chi connectivity index (χ2v) is 6.06. The first-order chi connectivity index (χ1) is 11.2. The van der Waals surface area contributed by atoms with Gasteiger partial charge in [-0.1, -0.05) is 58.6 Å². The van der Waals surface area contributed by atoms with Gasteiger partial charge >= 0.3 is 6.16 Å². The molecule has 0 saturated carbocycles. The predicted octanol–water partition coefficient (Wildman–Crippen LogP) is 6.08. The molecule has 0 amide bonds. The van der Waals surface area contributed by atoms with Gasteiger partial charge < -0.3 is 9.47 Å². The summed E-state index contributed by atoms with van der Waals surface area (Å²) in [5.74, 6) is 0.654. The van der Waals surface area contributed by atoms with Gasteiger partial charge in [-0.2, -0.15) is 0 Å². The highest BCUT2D eigenvalue weighted by Crippen LogP contribution is 2.24. The van der Waals surface area contributed by atoms with Crippen LogP contribution in [0.25, 0.3) is 0 Å². The van der Waals surface area contributed by atoms with Crippen molar-refractivity contribution in [1.82, 2.24) is 0 Å². The van der Waals surface area contributed by atoms with Gasteiger partial charge in [0.1, 0.15) is 5.75 Å². The molecule has 1 rings (SSSR count). The van der Waals surface area contributed by atoms with E-state index in [0.717, 1.165) is 31.2 Å². The molecule has 0 aromatic heterocycles. The van der Waals surface area contributed by atoms with E-state index in [0.29, 0.717) is 12.4 Å². The van der Waals surface area contributed by atoms with Gasteiger partial charge in [0.2, 0.25) is 0 Å². The van der Waals surface area contributed by atoms with Crippen LogP contribution in [0.3, 0.4) is 0 Å². The number of unbranched alkanes of at least 4 members (excludes halogenated alkanes) is 4. The molecular weight excluding hydrogens is 288 g/mol. The van der Waals surface area contributed by atoms with Crippen LogP contribution in [-0.4, -0.2) is 12.8 Å². The molecule has 3 heteroatoms. The number of aryl methyl sites for hydroxylation is 2. The minimum Gasteiger partial charge on any atom is -0.434 e. The molecule has 0 saturated heterocycles. The van der Waals surface area contributed by atoms with Crippen LogP contribution < -0.4 is 4.74 Å². The lowest BCUT2D eigenvalue weighted by Gasteiger charge is -2.12. The summed E-state index contributed by atoms with van der Waals surface area (Å²) in [6.07, 6.45) is 9.45. The lowest BCUT2D eigenvalue weighted by molar-refractivity contribution is 0.0988. The number of hydrogen-bond donors (Lipinski definition) is 0. The van der Waals surface area contributed by atoms with E-state index in [1.165, 1.54) is 37.7 Å². The van der Waals surface area contributed by atoms with Crippen LogP contribution in [0.1, 0.15) is 76.8 Å². The summed E-state index contributed by atoms with van der Waals surface area (Å²) in [4.78, 5) is 11.7. The van der Waals surface area contributed by atoms with E-state index in [2.05, 4.69) is 26.0 Å². The molecule has 0 fully saturated rings. The Morgan fingerprint density at radius 2 is 1.61 bits per heavy atom. The summed E-state index contributed by atoms with van der Waals surface area (Å²) in [6.45, 7) is 6.78. The molecule has 0 heterocycles. The number of hydrogen-bond acceptors (Lipinski definition) is 3. The Morgan fingerprint density at radius 1 is 0.913 bits per heavy atom. The Balaban J connectivity index is 2.74. The van der Waals surface area contributed by atoms with Gasteiger partial charge in [-0.25, -0.2) is 4.79 Å². The highest BCUT2D eigenvalue weighted by molar-refractivity contribution is 5.64. The van der Waals surface area contributed by atoms with Crippen molar-refractivity contribution in [3.05, 3.63) is 29.3 Å². The SMILES string of the molecule is CCCCCc1ccc(OC(=O)OCCC)c(CCCCC)c1. The third-order valence-electron chi connectivity index (χ3n) is 3.86. The van der Waals surface area contributed by atoms with Crippen molar-refractivity contribution in [3.63, 3.8) is 0 Å². The molecule has 23 heavy (non-hydrogen) atoms. The van der Waals surface area contributed by atoms with Crippen LogP contribution in [-0.2, 0) is 17.6 Å². The highest BCUT2D eigenvalue weighted by atomic mass is 16.7. The fraction of sp³-hybridized carbons (Fsp3) is 0.650. The van der Waals surface area contributed by atoms with E-state index < -0.39 is 6.16 Å². The fourth-order valence-electron chi connectivity index (χ4n) is 2.53. The molecule has 0 atom stereocenters.